The normalized spacial score (nSPS) is 14.8. The van der Waals surface area contributed by atoms with Gasteiger partial charge in [-0.15, -0.1) is 0 Å². The fourth-order valence-electron chi connectivity index (χ4n) is 4.34. The van der Waals surface area contributed by atoms with Crippen LogP contribution in [0.3, 0.4) is 0 Å². The molecule has 0 aliphatic carbocycles. The van der Waals surface area contributed by atoms with Crippen molar-refractivity contribution >= 4 is 39.3 Å². The van der Waals surface area contributed by atoms with E-state index in [2.05, 4.69) is 27.5 Å². The first-order valence-corrected chi connectivity index (χ1v) is 14.1. The molecule has 2 heterocycles. The van der Waals surface area contributed by atoms with Crippen LogP contribution in [-0.2, 0) is 9.53 Å². The summed E-state index contributed by atoms with van der Waals surface area (Å²) in [6.07, 6.45) is 3.20. The third-order valence-corrected chi connectivity index (χ3v) is 7.47. The van der Waals surface area contributed by atoms with Crippen LogP contribution in [0.25, 0.3) is 6.08 Å². The molecule has 0 unspecified atom stereocenters. The van der Waals surface area contributed by atoms with Gasteiger partial charge >= 0.3 is 5.97 Å². The lowest BCUT2D eigenvalue weighted by atomic mass is 9.95. The summed E-state index contributed by atoms with van der Waals surface area (Å²) in [5.41, 5.74) is 1.30. The summed E-state index contributed by atoms with van der Waals surface area (Å²) in [6.45, 7) is 9.81. The van der Waals surface area contributed by atoms with Crippen molar-refractivity contribution in [2.45, 2.75) is 26.8 Å². The highest BCUT2D eigenvalue weighted by molar-refractivity contribution is 9.10. The Kier molecular flexibility index (Phi) is 9.16. The molecule has 0 fully saturated rings. The number of hydrogen-bond donors (Lipinski definition) is 1. The van der Waals surface area contributed by atoms with Gasteiger partial charge in [-0.3, -0.25) is 9.36 Å². The number of hydrogen-bond acceptors (Lipinski definition) is 9. The molecule has 0 radical (unpaired) electrons. The second-order valence-electron chi connectivity index (χ2n) is 8.59. The lowest BCUT2D eigenvalue weighted by Crippen LogP contribution is -2.40. The second kappa shape index (κ2) is 12.6. The van der Waals surface area contributed by atoms with Crippen LogP contribution in [0.1, 0.15) is 37.9 Å². The van der Waals surface area contributed by atoms with Crippen LogP contribution >= 0.6 is 27.3 Å². The fraction of sp³-hybridized carbons (Fsp3) is 0.276. The number of allylic oxidation sites excluding steroid dienone is 1. The monoisotopic (exact) mass is 628 g/mol. The Bertz CT molecular complexity index is 1670. The molecule has 0 saturated carbocycles. The molecule has 210 valence electrons. The molecule has 1 N–H and O–H groups in total. The molecule has 4 rings (SSSR count). The molecule has 1 aliphatic rings. The summed E-state index contributed by atoms with van der Waals surface area (Å²) in [6, 6.07) is 7.75. The number of aromatic nitrogens is 1. The average Bonchev–Trinajstić information content (AvgIpc) is 3.23. The van der Waals surface area contributed by atoms with Crippen LogP contribution < -0.4 is 29.1 Å². The van der Waals surface area contributed by atoms with E-state index in [9.17, 15) is 14.7 Å². The Morgan fingerprint density at radius 1 is 1.18 bits per heavy atom. The summed E-state index contributed by atoms with van der Waals surface area (Å²) in [7, 11) is 1.45. The summed E-state index contributed by atoms with van der Waals surface area (Å²) in [5.74, 6) is 0.563. The van der Waals surface area contributed by atoms with Crippen LogP contribution in [-0.4, -0.2) is 42.6 Å². The first-order chi connectivity index (χ1) is 19.2. The number of phenols is 1. The number of rotatable bonds is 10. The molecule has 1 aromatic heterocycles. The molecule has 11 heteroatoms. The number of halogens is 1. The summed E-state index contributed by atoms with van der Waals surface area (Å²) in [4.78, 5) is 32.1. The molecule has 0 amide bonds. The van der Waals surface area contributed by atoms with Crippen molar-refractivity contribution in [3.8, 4) is 23.0 Å². The van der Waals surface area contributed by atoms with E-state index in [1.54, 1.807) is 56.3 Å². The van der Waals surface area contributed by atoms with E-state index in [0.717, 1.165) is 11.3 Å². The van der Waals surface area contributed by atoms with Crippen molar-refractivity contribution in [1.29, 1.82) is 0 Å². The van der Waals surface area contributed by atoms with Crippen molar-refractivity contribution < 1.29 is 28.8 Å². The number of thiazole rings is 1. The first-order valence-electron chi connectivity index (χ1n) is 12.5. The second-order valence-corrected chi connectivity index (χ2v) is 10.5. The third kappa shape index (κ3) is 5.71. The maximum Gasteiger partial charge on any atom is 0.338 e. The number of ether oxygens (including phenoxy) is 4. The smallest absolute Gasteiger partial charge is 0.338 e. The SMILES string of the molecule is C=CCOc1ccc([C@@H]2C(C(=O)OCC)=C(C)N=c3sc(=Cc4cc(Br)cc(OC)c4O)c(=O)n32)cc1OCC. The predicted octanol–water partition coefficient (Wildman–Crippen LogP) is 4.24. The highest BCUT2D eigenvalue weighted by Crippen LogP contribution is 2.37. The third-order valence-electron chi connectivity index (χ3n) is 6.03. The minimum Gasteiger partial charge on any atom is -0.504 e. The van der Waals surface area contributed by atoms with Gasteiger partial charge in [0.2, 0.25) is 0 Å². The molecule has 40 heavy (non-hydrogen) atoms. The average molecular weight is 630 g/mol. The molecule has 0 bridgehead atoms. The molecule has 0 spiro atoms. The van der Waals surface area contributed by atoms with Gasteiger partial charge in [-0.25, -0.2) is 9.79 Å². The molecule has 1 atom stereocenters. The number of fused-ring (bicyclic) bond motifs is 1. The number of carbonyl (C=O) groups is 1. The van der Waals surface area contributed by atoms with Gasteiger partial charge in [-0.2, -0.15) is 0 Å². The topological polar surface area (TPSA) is 109 Å². The van der Waals surface area contributed by atoms with Gasteiger partial charge in [0.15, 0.2) is 27.8 Å². The largest absolute Gasteiger partial charge is 0.504 e. The van der Waals surface area contributed by atoms with E-state index in [-0.39, 0.29) is 35.8 Å². The number of methoxy groups -OCH3 is 1. The number of esters is 1. The van der Waals surface area contributed by atoms with Crippen molar-refractivity contribution in [2.24, 2.45) is 4.99 Å². The number of nitrogens with zero attached hydrogens (tertiary/aromatic N) is 2. The van der Waals surface area contributed by atoms with Gasteiger partial charge in [0.05, 0.1) is 42.2 Å². The molecule has 0 saturated heterocycles. The lowest BCUT2D eigenvalue weighted by Gasteiger charge is -2.25. The molecular weight excluding hydrogens is 600 g/mol. The summed E-state index contributed by atoms with van der Waals surface area (Å²) < 4.78 is 24.7. The van der Waals surface area contributed by atoms with E-state index < -0.39 is 12.0 Å². The zero-order chi connectivity index (χ0) is 29.0. The maximum absolute atomic E-state index is 13.9. The Balaban J connectivity index is 1.96. The number of phenolic OH excluding ortho intramolecular Hbond substituents is 1. The maximum atomic E-state index is 13.9. The number of carbonyl (C=O) groups excluding carboxylic acids is 1. The molecule has 9 nitrogen and oxygen atoms in total. The van der Waals surface area contributed by atoms with Crippen molar-refractivity contribution in [2.75, 3.05) is 26.9 Å². The van der Waals surface area contributed by atoms with Gasteiger partial charge in [0, 0.05) is 10.0 Å². The molecule has 2 aromatic carbocycles. The Labute approximate surface area is 243 Å². The predicted molar refractivity (Wildman–Crippen MR) is 156 cm³/mol. The Morgan fingerprint density at radius 3 is 2.62 bits per heavy atom. The zero-order valence-electron chi connectivity index (χ0n) is 22.5. The highest BCUT2D eigenvalue weighted by atomic mass is 79.9. The highest BCUT2D eigenvalue weighted by Gasteiger charge is 2.34. The van der Waals surface area contributed by atoms with Crippen LogP contribution in [0.2, 0.25) is 0 Å². The minimum absolute atomic E-state index is 0.104. The fourth-order valence-corrected chi connectivity index (χ4v) is 5.83. The van der Waals surface area contributed by atoms with Crippen molar-refractivity contribution in [3.05, 3.63) is 89.5 Å². The van der Waals surface area contributed by atoms with E-state index >= 15 is 0 Å². The van der Waals surface area contributed by atoms with Crippen molar-refractivity contribution in [1.82, 2.24) is 4.57 Å². The summed E-state index contributed by atoms with van der Waals surface area (Å²) in [5, 5.41) is 10.7. The molecule has 3 aromatic rings. The number of aromatic hydroxyl groups is 1. The molecule has 1 aliphatic heterocycles. The van der Waals surface area contributed by atoms with E-state index in [0.29, 0.717) is 48.7 Å². The zero-order valence-corrected chi connectivity index (χ0v) is 24.9. The van der Waals surface area contributed by atoms with Gasteiger partial charge in [0.25, 0.3) is 5.56 Å². The van der Waals surface area contributed by atoms with Crippen LogP contribution in [0.4, 0.5) is 0 Å². The van der Waals surface area contributed by atoms with Crippen LogP contribution in [0, 0.1) is 0 Å². The summed E-state index contributed by atoms with van der Waals surface area (Å²) >= 11 is 4.56. The standard InChI is InChI=1S/C29H29BrN2O7S/c1-6-11-39-20-10-9-17(13-21(20)37-7-2)25-24(28(35)38-8-3)16(4)31-29-32(25)27(34)23(40-29)14-18-12-19(30)15-22(36-5)26(18)33/h6,9-10,12-15,25,33H,1,7-8,11H2,2-5H3/t25-/m1/s1. The van der Waals surface area contributed by atoms with Crippen LogP contribution in [0.5, 0.6) is 23.0 Å². The first kappa shape index (κ1) is 29.2. The quantitative estimate of drug-likeness (QED) is 0.264. The van der Waals surface area contributed by atoms with Gasteiger partial charge in [-0.1, -0.05) is 46.0 Å². The van der Waals surface area contributed by atoms with Gasteiger partial charge < -0.3 is 24.1 Å². The minimum atomic E-state index is -0.837. The van der Waals surface area contributed by atoms with Crippen molar-refractivity contribution in [3.63, 3.8) is 0 Å². The lowest BCUT2D eigenvalue weighted by molar-refractivity contribution is -0.139. The van der Waals surface area contributed by atoms with E-state index in [1.165, 1.54) is 11.7 Å². The number of benzene rings is 2. The van der Waals surface area contributed by atoms with Crippen LogP contribution in [0.15, 0.2) is 68.5 Å². The Hall–Kier alpha value is -3.83. The van der Waals surface area contributed by atoms with Gasteiger partial charge in [-0.05, 0) is 56.7 Å². The van der Waals surface area contributed by atoms with Gasteiger partial charge in [0.1, 0.15) is 6.61 Å². The van der Waals surface area contributed by atoms with E-state index in [1.807, 2.05) is 6.92 Å². The Morgan fingerprint density at radius 2 is 1.95 bits per heavy atom. The van der Waals surface area contributed by atoms with E-state index in [4.69, 9.17) is 18.9 Å². The molecular formula is C29H29BrN2O7S.